The van der Waals surface area contributed by atoms with Crippen LogP contribution in [0.3, 0.4) is 0 Å². The van der Waals surface area contributed by atoms with Crippen molar-refractivity contribution in [2.45, 2.75) is 6.92 Å². The second-order valence-corrected chi connectivity index (χ2v) is 6.21. The van der Waals surface area contributed by atoms with Gasteiger partial charge in [0.05, 0.1) is 25.5 Å². The predicted octanol–water partition coefficient (Wildman–Crippen LogP) is 4.30. The number of aromatic nitrogens is 1. The molecule has 0 saturated heterocycles. The SMILES string of the molecule is COc1ccc(OC)c(Nc2ccc(C(=O)Nc3ccc(C(C)=O)cc3)cn2)c1. The first kappa shape index (κ1) is 19.9. The normalized spacial score (nSPS) is 10.2. The highest BCUT2D eigenvalue weighted by atomic mass is 16.5. The third-order valence-corrected chi connectivity index (χ3v) is 4.24. The van der Waals surface area contributed by atoms with Gasteiger partial charge in [0.15, 0.2) is 5.78 Å². The van der Waals surface area contributed by atoms with Crippen molar-refractivity contribution in [3.8, 4) is 11.5 Å². The van der Waals surface area contributed by atoms with Crippen LogP contribution >= 0.6 is 0 Å². The van der Waals surface area contributed by atoms with Crippen LogP contribution in [0.4, 0.5) is 17.2 Å². The van der Waals surface area contributed by atoms with Gasteiger partial charge in [-0.25, -0.2) is 4.98 Å². The molecule has 0 atom stereocenters. The Bertz CT molecular complexity index is 1020. The van der Waals surface area contributed by atoms with Crippen molar-refractivity contribution in [3.05, 3.63) is 71.9 Å². The van der Waals surface area contributed by atoms with E-state index >= 15 is 0 Å². The third-order valence-electron chi connectivity index (χ3n) is 4.24. The molecular weight excluding hydrogens is 370 g/mol. The van der Waals surface area contributed by atoms with Crippen LogP contribution in [0, 0.1) is 0 Å². The summed E-state index contributed by atoms with van der Waals surface area (Å²) in [7, 11) is 3.17. The van der Waals surface area contributed by atoms with Crippen molar-refractivity contribution >= 4 is 28.9 Å². The number of ether oxygens (including phenoxy) is 2. The Hall–Kier alpha value is -3.87. The van der Waals surface area contributed by atoms with Crippen molar-refractivity contribution in [1.82, 2.24) is 4.98 Å². The van der Waals surface area contributed by atoms with Crippen LogP contribution in [-0.2, 0) is 0 Å². The number of Topliss-reactive ketones (excluding diaryl/α,β-unsaturated/α-hetero) is 1. The lowest BCUT2D eigenvalue weighted by Crippen LogP contribution is -2.12. The Morgan fingerprint density at radius 3 is 2.21 bits per heavy atom. The third kappa shape index (κ3) is 4.90. The molecule has 29 heavy (non-hydrogen) atoms. The summed E-state index contributed by atoms with van der Waals surface area (Å²) < 4.78 is 10.6. The number of nitrogens with zero attached hydrogens (tertiary/aromatic N) is 1. The zero-order chi connectivity index (χ0) is 20.8. The fourth-order valence-corrected chi connectivity index (χ4v) is 2.64. The van der Waals surface area contributed by atoms with E-state index in [1.807, 2.05) is 0 Å². The average Bonchev–Trinajstić information content (AvgIpc) is 2.74. The molecule has 0 spiro atoms. The summed E-state index contributed by atoms with van der Waals surface area (Å²) in [6.45, 7) is 1.50. The van der Waals surface area contributed by atoms with Gasteiger partial charge in [0, 0.05) is 23.5 Å². The molecule has 0 aliphatic carbocycles. The van der Waals surface area contributed by atoms with Crippen LogP contribution in [-0.4, -0.2) is 30.9 Å². The molecule has 7 heteroatoms. The van der Waals surface area contributed by atoms with E-state index in [2.05, 4.69) is 15.6 Å². The monoisotopic (exact) mass is 391 g/mol. The molecule has 0 aliphatic rings. The van der Waals surface area contributed by atoms with Crippen LogP contribution in [0.2, 0.25) is 0 Å². The number of hydrogen-bond acceptors (Lipinski definition) is 6. The quantitative estimate of drug-likeness (QED) is 0.584. The number of anilines is 3. The zero-order valence-corrected chi connectivity index (χ0v) is 16.4. The number of methoxy groups -OCH3 is 2. The molecule has 7 nitrogen and oxygen atoms in total. The van der Waals surface area contributed by atoms with Gasteiger partial charge in [0.1, 0.15) is 17.3 Å². The lowest BCUT2D eigenvalue weighted by Gasteiger charge is -2.12. The molecule has 2 aromatic carbocycles. The van der Waals surface area contributed by atoms with Crippen molar-refractivity contribution < 1.29 is 19.1 Å². The Kier molecular flexibility index (Phi) is 6.09. The number of benzene rings is 2. The minimum atomic E-state index is -0.293. The molecule has 0 unspecified atom stereocenters. The van der Waals surface area contributed by atoms with Gasteiger partial charge in [0.2, 0.25) is 0 Å². The topological polar surface area (TPSA) is 89.5 Å². The van der Waals surface area contributed by atoms with Crippen molar-refractivity contribution in [1.29, 1.82) is 0 Å². The van der Waals surface area contributed by atoms with Crippen LogP contribution < -0.4 is 20.1 Å². The number of ketones is 1. The highest BCUT2D eigenvalue weighted by molar-refractivity contribution is 6.04. The fraction of sp³-hybridized carbons (Fsp3) is 0.136. The second kappa shape index (κ2) is 8.88. The van der Waals surface area contributed by atoms with Crippen molar-refractivity contribution in [2.24, 2.45) is 0 Å². The average molecular weight is 391 g/mol. The molecule has 148 valence electrons. The molecule has 0 radical (unpaired) electrons. The summed E-state index contributed by atoms with van der Waals surface area (Å²) in [4.78, 5) is 28.0. The van der Waals surface area contributed by atoms with Crippen LogP contribution in [0.1, 0.15) is 27.6 Å². The Morgan fingerprint density at radius 2 is 1.62 bits per heavy atom. The second-order valence-electron chi connectivity index (χ2n) is 6.21. The first-order valence-electron chi connectivity index (χ1n) is 8.87. The van der Waals surface area contributed by atoms with Crippen molar-refractivity contribution in [2.75, 3.05) is 24.9 Å². The molecule has 0 fully saturated rings. The van der Waals surface area contributed by atoms with E-state index in [1.54, 1.807) is 68.8 Å². The molecule has 1 heterocycles. The summed E-state index contributed by atoms with van der Waals surface area (Å²) in [6.07, 6.45) is 1.48. The molecule has 1 aromatic heterocycles. The fourth-order valence-electron chi connectivity index (χ4n) is 2.64. The largest absolute Gasteiger partial charge is 0.497 e. The summed E-state index contributed by atoms with van der Waals surface area (Å²) in [5.41, 5.74) is 2.29. The minimum absolute atomic E-state index is 0.0252. The molecule has 0 aliphatic heterocycles. The maximum Gasteiger partial charge on any atom is 0.257 e. The molecule has 1 amide bonds. The highest BCUT2D eigenvalue weighted by Gasteiger charge is 2.10. The Balaban J connectivity index is 1.70. The zero-order valence-electron chi connectivity index (χ0n) is 16.4. The van der Waals surface area contributed by atoms with Crippen molar-refractivity contribution in [3.63, 3.8) is 0 Å². The molecular formula is C22H21N3O4. The lowest BCUT2D eigenvalue weighted by atomic mass is 10.1. The number of pyridine rings is 1. The maximum absolute atomic E-state index is 12.4. The molecule has 2 N–H and O–H groups in total. The number of carbonyl (C=O) groups excluding carboxylic acids is 2. The Labute approximate surface area is 168 Å². The molecule has 3 rings (SSSR count). The number of hydrogen-bond donors (Lipinski definition) is 2. The van der Waals surface area contributed by atoms with Gasteiger partial charge in [-0.1, -0.05) is 0 Å². The van der Waals surface area contributed by atoms with Gasteiger partial charge < -0.3 is 20.1 Å². The first-order valence-corrected chi connectivity index (χ1v) is 8.87. The van der Waals surface area contributed by atoms with Gasteiger partial charge in [-0.05, 0) is 55.5 Å². The molecule has 0 bridgehead atoms. The van der Waals surface area contributed by atoms with E-state index in [1.165, 1.54) is 13.1 Å². The minimum Gasteiger partial charge on any atom is -0.497 e. The standard InChI is InChI=1S/C22H21N3O4/c1-14(26)15-4-7-17(8-5-15)24-22(27)16-6-11-21(23-13-16)25-19-12-18(28-2)9-10-20(19)29-3/h4-13H,1-3H3,(H,23,25)(H,24,27). The van der Waals surface area contributed by atoms with Crippen LogP contribution in [0.25, 0.3) is 0 Å². The molecule has 0 saturated carbocycles. The van der Waals surface area contributed by atoms with Gasteiger partial charge >= 0.3 is 0 Å². The van der Waals surface area contributed by atoms with E-state index in [0.717, 1.165) is 0 Å². The van der Waals surface area contributed by atoms with E-state index in [0.29, 0.717) is 39.8 Å². The van der Waals surface area contributed by atoms with E-state index in [-0.39, 0.29) is 11.7 Å². The van der Waals surface area contributed by atoms with Gasteiger partial charge in [-0.15, -0.1) is 0 Å². The maximum atomic E-state index is 12.4. The summed E-state index contributed by atoms with van der Waals surface area (Å²) in [5.74, 6) is 1.56. The van der Waals surface area contributed by atoms with E-state index in [9.17, 15) is 9.59 Å². The highest BCUT2D eigenvalue weighted by Crippen LogP contribution is 2.31. The van der Waals surface area contributed by atoms with Gasteiger partial charge in [-0.2, -0.15) is 0 Å². The lowest BCUT2D eigenvalue weighted by molar-refractivity contribution is 0.101. The molecule has 3 aromatic rings. The van der Waals surface area contributed by atoms with Gasteiger partial charge in [-0.3, -0.25) is 9.59 Å². The summed E-state index contributed by atoms with van der Waals surface area (Å²) >= 11 is 0. The van der Waals surface area contributed by atoms with Gasteiger partial charge in [0.25, 0.3) is 5.91 Å². The summed E-state index contributed by atoms with van der Waals surface area (Å²) in [6, 6.07) is 15.5. The van der Waals surface area contributed by atoms with E-state index in [4.69, 9.17) is 9.47 Å². The number of carbonyl (C=O) groups is 2. The number of nitrogens with one attached hydrogen (secondary N) is 2. The number of amides is 1. The van der Waals surface area contributed by atoms with Crippen LogP contribution in [0.5, 0.6) is 11.5 Å². The summed E-state index contributed by atoms with van der Waals surface area (Å²) in [5, 5.41) is 5.93. The first-order chi connectivity index (χ1) is 14.0. The smallest absolute Gasteiger partial charge is 0.257 e. The Morgan fingerprint density at radius 1 is 0.897 bits per heavy atom. The van der Waals surface area contributed by atoms with Crippen LogP contribution in [0.15, 0.2) is 60.8 Å². The number of rotatable bonds is 7. The van der Waals surface area contributed by atoms with E-state index < -0.39 is 0 Å². The predicted molar refractivity (Wildman–Crippen MR) is 111 cm³/mol.